The molecule has 2 aromatic carbocycles. The van der Waals surface area contributed by atoms with Gasteiger partial charge in [-0.2, -0.15) is 0 Å². The number of para-hydroxylation sites is 1. The Morgan fingerprint density at radius 1 is 1.05 bits per heavy atom. The van der Waals surface area contributed by atoms with Crippen molar-refractivity contribution in [2.75, 3.05) is 0 Å². The number of unbranched alkanes of at least 4 members (excludes halogenated alkanes) is 3. The highest BCUT2D eigenvalue weighted by Crippen LogP contribution is 2.50. The molecule has 0 aromatic heterocycles. The summed E-state index contributed by atoms with van der Waals surface area (Å²) in [5.41, 5.74) is 1.20. The molecule has 1 aliphatic heterocycles. The van der Waals surface area contributed by atoms with Gasteiger partial charge < -0.3 is 4.74 Å². The summed E-state index contributed by atoms with van der Waals surface area (Å²) in [7, 11) is -1.93. The number of carbonyl (C=O) groups excluding carboxylic acids is 1. The highest BCUT2D eigenvalue weighted by atomic mass is 28.3. The Hall–Kier alpha value is -2.59. The Labute approximate surface area is 225 Å². The minimum atomic E-state index is -1.93. The van der Waals surface area contributed by atoms with E-state index in [9.17, 15) is 4.79 Å². The summed E-state index contributed by atoms with van der Waals surface area (Å²) < 4.78 is 6.08. The van der Waals surface area contributed by atoms with Crippen LogP contribution in [-0.4, -0.2) is 30.6 Å². The van der Waals surface area contributed by atoms with Crippen molar-refractivity contribution in [3.05, 3.63) is 84.1 Å². The fraction of sp³-hybridized carbons (Fsp3) is 0.485. The SMILES string of the molecule is C=CCC12CCCCC1=C([Si](C)(C)c1ccccc1)C[C@H](CCCCCC)N2C(=O)Oc1ccccc1. The first-order valence-electron chi connectivity index (χ1n) is 14.4. The minimum Gasteiger partial charge on any atom is -0.410 e. The lowest BCUT2D eigenvalue weighted by Gasteiger charge is -2.56. The van der Waals surface area contributed by atoms with E-state index < -0.39 is 8.07 Å². The first kappa shape index (κ1) is 27.4. The van der Waals surface area contributed by atoms with E-state index in [0.29, 0.717) is 5.75 Å². The largest absolute Gasteiger partial charge is 0.416 e. The van der Waals surface area contributed by atoms with Gasteiger partial charge in [0.25, 0.3) is 0 Å². The Kier molecular flexibility index (Phi) is 9.12. The number of nitrogens with zero attached hydrogens (tertiary/aromatic N) is 1. The summed E-state index contributed by atoms with van der Waals surface area (Å²) in [6.45, 7) is 11.5. The molecule has 0 spiro atoms. The summed E-state index contributed by atoms with van der Waals surface area (Å²) >= 11 is 0. The maximum absolute atomic E-state index is 14.1. The van der Waals surface area contributed by atoms with Crippen LogP contribution >= 0.6 is 0 Å². The van der Waals surface area contributed by atoms with Crippen LogP contribution < -0.4 is 9.92 Å². The standard InChI is InChI=1S/C33H45NO2Si/c1-5-7-8-11-18-27-26-31(37(3,4)29-21-14-10-15-22-29)30-23-16-17-25-33(30,24-6-2)34(27)32(35)36-28-19-12-9-13-20-28/h6,9-10,12-15,19-22,27H,2,5,7-8,11,16-18,23-26H2,1,3-4H3/t27-,33?/m0/s1. The zero-order chi connectivity index (χ0) is 26.3. The molecule has 3 nitrogen and oxygen atoms in total. The van der Waals surface area contributed by atoms with Gasteiger partial charge in [0.15, 0.2) is 0 Å². The topological polar surface area (TPSA) is 29.5 Å². The van der Waals surface area contributed by atoms with E-state index in [1.807, 2.05) is 36.4 Å². The van der Waals surface area contributed by atoms with Crippen molar-refractivity contribution in [2.24, 2.45) is 0 Å². The third kappa shape index (κ3) is 5.80. The number of hydrogen-bond donors (Lipinski definition) is 0. The molecule has 1 saturated carbocycles. The summed E-state index contributed by atoms with van der Waals surface area (Å²) in [4.78, 5) is 16.3. The first-order chi connectivity index (χ1) is 17.9. The number of ether oxygens (including phenoxy) is 1. The average Bonchev–Trinajstić information content (AvgIpc) is 2.91. The number of amides is 1. The quantitative estimate of drug-likeness (QED) is 0.180. The lowest BCUT2D eigenvalue weighted by molar-refractivity contribution is 0.0412. The van der Waals surface area contributed by atoms with Crippen molar-refractivity contribution in [1.29, 1.82) is 0 Å². The van der Waals surface area contributed by atoms with E-state index >= 15 is 0 Å². The van der Waals surface area contributed by atoms with E-state index in [1.165, 1.54) is 36.4 Å². The van der Waals surface area contributed by atoms with E-state index in [1.54, 1.807) is 5.20 Å². The molecule has 37 heavy (non-hydrogen) atoms. The van der Waals surface area contributed by atoms with Crippen LogP contribution in [0.15, 0.2) is 84.1 Å². The molecule has 0 saturated heterocycles. The van der Waals surface area contributed by atoms with Crippen LogP contribution in [0, 0.1) is 0 Å². The van der Waals surface area contributed by atoms with Crippen LogP contribution in [0.25, 0.3) is 0 Å². The highest BCUT2D eigenvalue weighted by Gasteiger charge is 2.53. The van der Waals surface area contributed by atoms with E-state index in [0.717, 1.165) is 44.9 Å². The molecule has 2 aromatic rings. The predicted molar refractivity (Wildman–Crippen MR) is 158 cm³/mol. The number of hydrogen-bond acceptors (Lipinski definition) is 2. The maximum atomic E-state index is 14.1. The normalized spacial score (nSPS) is 21.9. The van der Waals surface area contributed by atoms with Gasteiger partial charge in [0.05, 0.1) is 5.54 Å². The second-order valence-corrected chi connectivity index (χ2v) is 15.9. The zero-order valence-electron chi connectivity index (χ0n) is 23.2. The summed E-state index contributed by atoms with van der Waals surface area (Å²) in [6.07, 6.45) is 13.9. The Morgan fingerprint density at radius 3 is 2.43 bits per heavy atom. The third-order valence-electron chi connectivity index (χ3n) is 8.73. The van der Waals surface area contributed by atoms with Gasteiger partial charge >= 0.3 is 6.09 Å². The van der Waals surface area contributed by atoms with Crippen LogP contribution in [0.2, 0.25) is 13.1 Å². The van der Waals surface area contributed by atoms with Crippen LogP contribution in [0.5, 0.6) is 5.75 Å². The molecule has 1 fully saturated rings. The average molecular weight is 516 g/mol. The molecule has 1 amide bonds. The van der Waals surface area contributed by atoms with Crippen LogP contribution in [0.4, 0.5) is 4.79 Å². The molecule has 1 aliphatic carbocycles. The Morgan fingerprint density at radius 2 is 1.76 bits per heavy atom. The molecule has 2 aliphatic rings. The van der Waals surface area contributed by atoms with E-state index in [-0.39, 0.29) is 17.7 Å². The molecule has 0 bridgehead atoms. The summed E-state index contributed by atoms with van der Waals surface area (Å²) in [5.74, 6) is 0.622. The fourth-order valence-electron chi connectivity index (χ4n) is 6.82. The highest BCUT2D eigenvalue weighted by molar-refractivity contribution is 6.95. The molecular weight excluding hydrogens is 470 g/mol. The third-order valence-corrected chi connectivity index (χ3v) is 12.5. The van der Waals surface area contributed by atoms with E-state index in [4.69, 9.17) is 4.74 Å². The van der Waals surface area contributed by atoms with E-state index in [2.05, 4.69) is 61.8 Å². The Balaban J connectivity index is 1.82. The molecule has 4 rings (SSSR count). The van der Waals surface area contributed by atoms with Crippen molar-refractivity contribution in [3.8, 4) is 5.75 Å². The van der Waals surface area contributed by atoms with Crippen molar-refractivity contribution in [1.82, 2.24) is 4.90 Å². The van der Waals surface area contributed by atoms with Crippen molar-refractivity contribution < 1.29 is 9.53 Å². The lowest BCUT2D eigenvalue weighted by Crippen LogP contribution is -2.64. The first-order valence-corrected chi connectivity index (χ1v) is 17.4. The van der Waals surface area contributed by atoms with Gasteiger partial charge in [-0.15, -0.1) is 6.58 Å². The van der Waals surface area contributed by atoms with Gasteiger partial charge in [-0.3, -0.25) is 4.90 Å². The van der Waals surface area contributed by atoms with Crippen molar-refractivity contribution in [2.45, 2.75) is 102 Å². The van der Waals surface area contributed by atoms with Crippen LogP contribution in [0.3, 0.4) is 0 Å². The Bertz CT molecular complexity index is 1080. The molecule has 0 N–H and O–H groups in total. The van der Waals surface area contributed by atoms with Crippen LogP contribution in [0.1, 0.15) is 77.6 Å². The van der Waals surface area contributed by atoms with Gasteiger partial charge in [0, 0.05) is 6.04 Å². The lowest BCUT2D eigenvalue weighted by atomic mass is 9.70. The van der Waals surface area contributed by atoms with Gasteiger partial charge in [0.2, 0.25) is 0 Å². The molecule has 1 heterocycles. The number of carbonyl (C=O) groups is 1. The monoisotopic (exact) mass is 515 g/mol. The number of rotatable bonds is 10. The van der Waals surface area contributed by atoms with Gasteiger partial charge in [-0.1, -0.05) is 117 Å². The second-order valence-electron chi connectivity index (χ2n) is 11.4. The van der Waals surface area contributed by atoms with Crippen LogP contribution in [-0.2, 0) is 0 Å². The molecule has 0 radical (unpaired) electrons. The molecular formula is C33H45NO2Si. The fourth-order valence-corrected chi connectivity index (χ4v) is 10.1. The molecule has 1 unspecified atom stereocenters. The van der Waals surface area contributed by atoms with Gasteiger partial charge in [-0.25, -0.2) is 4.79 Å². The zero-order valence-corrected chi connectivity index (χ0v) is 24.2. The maximum Gasteiger partial charge on any atom is 0.416 e. The molecule has 198 valence electrons. The van der Waals surface area contributed by atoms with Crippen molar-refractivity contribution >= 4 is 19.4 Å². The molecule has 2 atom stereocenters. The smallest absolute Gasteiger partial charge is 0.410 e. The molecule has 4 heteroatoms. The summed E-state index contributed by atoms with van der Waals surface area (Å²) in [5, 5.41) is 3.16. The number of benzene rings is 2. The number of fused-ring (bicyclic) bond motifs is 1. The summed E-state index contributed by atoms with van der Waals surface area (Å²) in [6, 6.07) is 20.9. The van der Waals surface area contributed by atoms with Crippen molar-refractivity contribution in [3.63, 3.8) is 0 Å². The van der Waals surface area contributed by atoms with Gasteiger partial charge in [0.1, 0.15) is 13.8 Å². The second kappa shape index (κ2) is 12.3. The minimum absolute atomic E-state index is 0.153. The van der Waals surface area contributed by atoms with Gasteiger partial charge in [-0.05, 0) is 56.2 Å². The predicted octanol–water partition coefficient (Wildman–Crippen LogP) is 8.57.